The molecular weight excluding hydrogens is 283 g/mol. The van der Waals surface area contributed by atoms with E-state index < -0.39 is 0 Å². The Kier molecular flexibility index (Phi) is 2.89. The summed E-state index contributed by atoms with van der Waals surface area (Å²) < 4.78 is 19.5. The highest BCUT2D eigenvalue weighted by Crippen LogP contribution is 2.35. The summed E-state index contributed by atoms with van der Waals surface area (Å²) >= 11 is 3.57. The van der Waals surface area contributed by atoms with Gasteiger partial charge in [0.1, 0.15) is 5.82 Å². The minimum absolute atomic E-state index is 0.0825. The molecule has 3 rings (SSSR count). The normalized spacial score (nSPS) is 20.0. The molecule has 1 nitrogen and oxygen atoms in total. The molecule has 0 saturated carbocycles. The molecule has 17 heavy (non-hydrogen) atoms. The second kappa shape index (κ2) is 4.39. The van der Waals surface area contributed by atoms with Gasteiger partial charge in [0.2, 0.25) is 0 Å². The summed E-state index contributed by atoms with van der Waals surface area (Å²) in [6, 6.07) is 9.29. The van der Waals surface area contributed by atoms with Crippen LogP contribution in [-0.2, 0) is 11.2 Å². The summed E-state index contributed by atoms with van der Waals surface area (Å²) in [7, 11) is 0. The van der Waals surface area contributed by atoms with Crippen LogP contribution in [0.2, 0.25) is 0 Å². The van der Waals surface area contributed by atoms with Crippen LogP contribution in [0.4, 0.5) is 4.39 Å². The summed E-state index contributed by atoms with van der Waals surface area (Å²) in [5, 5.41) is 1.71. The summed E-state index contributed by atoms with van der Waals surface area (Å²) in [6.07, 6.45) is 0.845. The van der Waals surface area contributed by atoms with E-state index in [2.05, 4.69) is 15.9 Å². The van der Waals surface area contributed by atoms with E-state index >= 15 is 0 Å². The van der Waals surface area contributed by atoms with Gasteiger partial charge >= 0.3 is 0 Å². The van der Waals surface area contributed by atoms with Crippen molar-refractivity contribution >= 4 is 26.7 Å². The van der Waals surface area contributed by atoms with Gasteiger partial charge < -0.3 is 4.74 Å². The lowest BCUT2D eigenvalue weighted by Gasteiger charge is -2.13. The van der Waals surface area contributed by atoms with Gasteiger partial charge in [-0.25, -0.2) is 4.39 Å². The Balaban J connectivity index is 2.34. The molecule has 1 heterocycles. The number of alkyl halides is 1. The summed E-state index contributed by atoms with van der Waals surface area (Å²) in [4.78, 5) is 0.0825. The maximum atomic E-state index is 14.0. The van der Waals surface area contributed by atoms with Crippen LogP contribution in [0.3, 0.4) is 0 Å². The maximum Gasteiger partial charge on any atom is 0.131 e. The molecule has 0 radical (unpaired) electrons. The molecule has 3 heteroatoms. The lowest BCUT2D eigenvalue weighted by molar-refractivity contribution is 0.146. The third-order valence-electron chi connectivity index (χ3n) is 3.24. The largest absolute Gasteiger partial charge is 0.380 e. The Morgan fingerprint density at radius 1 is 1.24 bits per heavy atom. The predicted molar refractivity (Wildman–Crippen MR) is 70.1 cm³/mol. The number of hydrogen-bond donors (Lipinski definition) is 0. The van der Waals surface area contributed by atoms with Gasteiger partial charge in [-0.2, -0.15) is 0 Å². The molecule has 0 aliphatic carbocycles. The fourth-order valence-electron chi connectivity index (χ4n) is 2.42. The number of rotatable bonds is 0. The van der Waals surface area contributed by atoms with E-state index in [0.29, 0.717) is 18.6 Å². The van der Waals surface area contributed by atoms with E-state index in [9.17, 15) is 4.39 Å². The Morgan fingerprint density at radius 3 is 2.82 bits per heavy atom. The van der Waals surface area contributed by atoms with Crippen molar-refractivity contribution in [3.63, 3.8) is 0 Å². The highest BCUT2D eigenvalue weighted by Gasteiger charge is 2.20. The lowest BCUT2D eigenvalue weighted by atomic mass is 9.95. The number of benzene rings is 2. The van der Waals surface area contributed by atoms with Gasteiger partial charge in [-0.05, 0) is 29.0 Å². The van der Waals surface area contributed by atoms with Crippen molar-refractivity contribution in [1.29, 1.82) is 0 Å². The van der Waals surface area contributed by atoms with E-state index in [1.54, 1.807) is 6.07 Å². The quantitative estimate of drug-likeness (QED) is 0.668. The SMILES string of the molecule is Fc1cc2c(c3ccccc13)CCOCC2Br. The Bertz CT molecular complexity index is 567. The van der Waals surface area contributed by atoms with Gasteiger partial charge in [0.25, 0.3) is 0 Å². The van der Waals surface area contributed by atoms with Crippen LogP contribution in [-0.4, -0.2) is 13.2 Å². The van der Waals surface area contributed by atoms with Crippen LogP contribution in [0, 0.1) is 5.82 Å². The molecule has 88 valence electrons. The lowest BCUT2D eigenvalue weighted by Crippen LogP contribution is -2.00. The third kappa shape index (κ3) is 1.87. The zero-order valence-electron chi connectivity index (χ0n) is 9.25. The monoisotopic (exact) mass is 294 g/mol. The summed E-state index contributed by atoms with van der Waals surface area (Å²) in [6.45, 7) is 1.30. The van der Waals surface area contributed by atoms with E-state index in [1.807, 2.05) is 24.3 Å². The maximum absolute atomic E-state index is 14.0. The summed E-state index contributed by atoms with van der Waals surface area (Å²) in [5.74, 6) is -0.147. The molecule has 0 aromatic heterocycles. The van der Waals surface area contributed by atoms with Crippen molar-refractivity contribution in [1.82, 2.24) is 0 Å². The van der Waals surface area contributed by atoms with Crippen molar-refractivity contribution < 1.29 is 9.13 Å². The van der Waals surface area contributed by atoms with E-state index in [-0.39, 0.29) is 10.6 Å². The van der Waals surface area contributed by atoms with Crippen molar-refractivity contribution in [3.8, 4) is 0 Å². The van der Waals surface area contributed by atoms with Gasteiger partial charge in [0.05, 0.1) is 18.0 Å². The molecule has 0 fully saturated rings. The van der Waals surface area contributed by atoms with Crippen LogP contribution in [0.5, 0.6) is 0 Å². The Hall–Kier alpha value is -0.930. The molecule has 0 N–H and O–H groups in total. The molecule has 1 atom stereocenters. The van der Waals surface area contributed by atoms with Crippen LogP contribution in [0.1, 0.15) is 16.0 Å². The predicted octanol–water partition coefficient (Wildman–Crippen LogP) is 3.99. The number of ether oxygens (including phenoxy) is 1. The fourth-order valence-corrected chi connectivity index (χ4v) is 3.02. The minimum atomic E-state index is -0.147. The first-order valence-corrected chi connectivity index (χ1v) is 6.61. The number of hydrogen-bond acceptors (Lipinski definition) is 1. The molecule has 1 aliphatic heterocycles. The fraction of sp³-hybridized carbons (Fsp3) is 0.286. The molecule has 1 unspecified atom stereocenters. The topological polar surface area (TPSA) is 9.23 Å². The molecule has 2 aromatic rings. The first-order chi connectivity index (χ1) is 8.27. The number of halogens is 2. The van der Waals surface area contributed by atoms with Crippen LogP contribution in [0.25, 0.3) is 10.8 Å². The second-order valence-electron chi connectivity index (χ2n) is 4.26. The number of fused-ring (bicyclic) bond motifs is 3. The van der Waals surface area contributed by atoms with Crippen molar-refractivity contribution in [2.75, 3.05) is 13.2 Å². The van der Waals surface area contributed by atoms with E-state index in [1.165, 1.54) is 5.56 Å². The van der Waals surface area contributed by atoms with Crippen molar-refractivity contribution in [2.45, 2.75) is 11.2 Å². The van der Waals surface area contributed by atoms with Gasteiger partial charge in [-0.3, -0.25) is 0 Å². The third-order valence-corrected chi connectivity index (χ3v) is 4.00. The molecule has 0 spiro atoms. The molecule has 0 saturated heterocycles. The van der Waals surface area contributed by atoms with Crippen LogP contribution in [0.15, 0.2) is 30.3 Å². The van der Waals surface area contributed by atoms with Gasteiger partial charge in [0, 0.05) is 5.39 Å². The van der Waals surface area contributed by atoms with Crippen LogP contribution >= 0.6 is 15.9 Å². The van der Waals surface area contributed by atoms with Gasteiger partial charge in [-0.15, -0.1) is 0 Å². The molecule has 2 aromatic carbocycles. The molecular formula is C14H12BrFO. The molecule has 1 aliphatic rings. The molecule has 0 amide bonds. The smallest absolute Gasteiger partial charge is 0.131 e. The highest BCUT2D eigenvalue weighted by molar-refractivity contribution is 9.09. The Labute approximate surface area is 108 Å². The summed E-state index contributed by atoms with van der Waals surface area (Å²) in [5.41, 5.74) is 2.24. The molecule has 0 bridgehead atoms. The van der Waals surface area contributed by atoms with E-state index in [4.69, 9.17) is 4.74 Å². The van der Waals surface area contributed by atoms with Gasteiger partial charge in [-0.1, -0.05) is 40.2 Å². The first-order valence-electron chi connectivity index (χ1n) is 5.69. The van der Waals surface area contributed by atoms with Crippen molar-refractivity contribution in [2.24, 2.45) is 0 Å². The first kappa shape index (κ1) is 11.2. The average Bonchev–Trinajstić information content (AvgIpc) is 2.53. The zero-order chi connectivity index (χ0) is 11.8. The Morgan fingerprint density at radius 2 is 2.00 bits per heavy atom. The average molecular weight is 295 g/mol. The zero-order valence-corrected chi connectivity index (χ0v) is 10.8. The van der Waals surface area contributed by atoms with Gasteiger partial charge in [0.15, 0.2) is 0 Å². The standard InChI is InChI=1S/C14H12BrFO/c15-13-8-17-6-5-10-9-3-1-2-4-11(9)14(16)7-12(10)13/h1-4,7,13H,5-6,8H2. The van der Waals surface area contributed by atoms with E-state index in [0.717, 1.165) is 17.4 Å². The van der Waals surface area contributed by atoms with Crippen molar-refractivity contribution in [3.05, 3.63) is 47.3 Å². The second-order valence-corrected chi connectivity index (χ2v) is 5.37. The highest BCUT2D eigenvalue weighted by atomic mass is 79.9. The minimum Gasteiger partial charge on any atom is -0.380 e. The van der Waals surface area contributed by atoms with Crippen LogP contribution < -0.4 is 0 Å².